The SMILES string of the molecule is CCCCOC(=O)CN1CCCCC1CC(C)=O. The molecule has 0 saturated carbocycles. The predicted molar refractivity (Wildman–Crippen MR) is 70.4 cm³/mol. The number of hydrogen-bond donors (Lipinski definition) is 0. The molecule has 0 aromatic rings. The lowest BCUT2D eigenvalue weighted by molar-refractivity contribution is -0.146. The van der Waals surface area contributed by atoms with Crippen molar-refractivity contribution in [3.8, 4) is 0 Å². The van der Waals surface area contributed by atoms with Crippen molar-refractivity contribution < 1.29 is 14.3 Å². The highest BCUT2D eigenvalue weighted by Gasteiger charge is 2.25. The molecule has 1 unspecified atom stereocenters. The van der Waals surface area contributed by atoms with E-state index in [1.807, 2.05) is 0 Å². The van der Waals surface area contributed by atoms with Crippen molar-refractivity contribution in [2.45, 2.75) is 58.4 Å². The molecule has 1 fully saturated rings. The molecule has 4 heteroatoms. The van der Waals surface area contributed by atoms with Crippen LogP contribution in [0.15, 0.2) is 0 Å². The van der Waals surface area contributed by atoms with Crippen molar-refractivity contribution in [1.29, 1.82) is 0 Å². The minimum absolute atomic E-state index is 0.154. The molecule has 4 nitrogen and oxygen atoms in total. The summed E-state index contributed by atoms with van der Waals surface area (Å²) in [6.07, 6.45) is 5.78. The first kappa shape index (κ1) is 15.2. The van der Waals surface area contributed by atoms with Crippen molar-refractivity contribution in [3.05, 3.63) is 0 Å². The number of nitrogens with zero attached hydrogens (tertiary/aromatic N) is 1. The van der Waals surface area contributed by atoms with Gasteiger partial charge >= 0.3 is 5.97 Å². The zero-order valence-electron chi connectivity index (χ0n) is 11.6. The average molecular weight is 255 g/mol. The lowest BCUT2D eigenvalue weighted by Crippen LogP contribution is -2.43. The molecule has 0 N–H and O–H groups in total. The zero-order chi connectivity index (χ0) is 13.4. The summed E-state index contributed by atoms with van der Waals surface area (Å²) < 4.78 is 5.17. The molecule has 1 aliphatic heterocycles. The van der Waals surface area contributed by atoms with Crippen LogP contribution in [0.5, 0.6) is 0 Å². The van der Waals surface area contributed by atoms with E-state index in [1.54, 1.807) is 6.92 Å². The maximum Gasteiger partial charge on any atom is 0.320 e. The van der Waals surface area contributed by atoms with E-state index >= 15 is 0 Å². The highest BCUT2D eigenvalue weighted by molar-refractivity contribution is 5.76. The van der Waals surface area contributed by atoms with E-state index in [2.05, 4.69) is 11.8 Å². The van der Waals surface area contributed by atoms with Gasteiger partial charge in [0.25, 0.3) is 0 Å². The van der Waals surface area contributed by atoms with Crippen LogP contribution in [0, 0.1) is 0 Å². The summed E-state index contributed by atoms with van der Waals surface area (Å²) in [7, 11) is 0. The Morgan fingerprint density at radius 3 is 2.78 bits per heavy atom. The lowest BCUT2D eigenvalue weighted by atomic mass is 9.98. The number of ketones is 1. The quantitative estimate of drug-likeness (QED) is 0.516. The zero-order valence-corrected chi connectivity index (χ0v) is 11.6. The van der Waals surface area contributed by atoms with Crippen molar-refractivity contribution in [2.24, 2.45) is 0 Å². The molecule has 1 saturated heterocycles. The minimum Gasteiger partial charge on any atom is -0.465 e. The molecule has 1 atom stereocenters. The average Bonchev–Trinajstić information content (AvgIpc) is 2.31. The number of esters is 1. The molecule has 104 valence electrons. The summed E-state index contributed by atoms with van der Waals surface area (Å²) in [5.74, 6) is 0.0464. The highest BCUT2D eigenvalue weighted by atomic mass is 16.5. The van der Waals surface area contributed by atoms with Crippen LogP contribution in [-0.2, 0) is 14.3 Å². The second kappa shape index (κ2) is 8.25. The van der Waals surface area contributed by atoms with Gasteiger partial charge in [-0.15, -0.1) is 0 Å². The topological polar surface area (TPSA) is 46.6 Å². The molecule has 0 aromatic heterocycles. The third kappa shape index (κ3) is 5.63. The van der Waals surface area contributed by atoms with Gasteiger partial charge in [0.15, 0.2) is 0 Å². The number of rotatable bonds is 7. The van der Waals surface area contributed by atoms with Crippen LogP contribution in [-0.4, -0.2) is 42.4 Å². The fourth-order valence-electron chi connectivity index (χ4n) is 2.37. The Bertz CT molecular complexity index is 278. The van der Waals surface area contributed by atoms with Gasteiger partial charge in [0.1, 0.15) is 5.78 Å². The van der Waals surface area contributed by atoms with Gasteiger partial charge in [-0.25, -0.2) is 0 Å². The first-order valence-corrected chi connectivity index (χ1v) is 7.02. The molecule has 1 heterocycles. The van der Waals surface area contributed by atoms with Crippen LogP contribution in [0.1, 0.15) is 52.4 Å². The second-order valence-electron chi connectivity index (χ2n) is 5.10. The summed E-state index contributed by atoms with van der Waals surface area (Å²) in [4.78, 5) is 25.0. The van der Waals surface area contributed by atoms with Gasteiger partial charge in [0.05, 0.1) is 13.2 Å². The summed E-state index contributed by atoms with van der Waals surface area (Å²) >= 11 is 0. The molecule has 1 rings (SSSR count). The van der Waals surface area contributed by atoms with Crippen LogP contribution in [0.3, 0.4) is 0 Å². The van der Waals surface area contributed by atoms with Gasteiger partial charge in [-0.05, 0) is 32.7 Å². The lowest BCUT2D eigenvalue weighted by Gasteiger charge is -2.34. The molecule has 0 amide bonds. The summed E-state index contributed by atoms with van der Waals surface area (Å²) in [6.45, 7) is 5.44. The van der Waals surface area contributed by atoms with Crippen LogP contribution < -0.4 is 0 Å². The molecular weight excluding hydrogens is 230 g/mol. The monoisotopic (exact) mass is 255 g/mol. The number of piperidine rings is 1. The van der Waals surface area contributed by atoms with Crippen molar-refractivity contribution in [2.75, 3.05) is 19.7 Å². The molecule has 0 bridgehead atoms. The van der Waals surface area contributed by atoms with Gasteiger partial charge in [0, 0.05) is 12.5 Å². The Hall–Kier alpha value is -0.900. The number of unbranched alkanes of at least 4 members (excludes halogenated alkanes) is 1. The number of carbonyl (C=O) groups is 2. The fourth-order valence-corrected chi connectivity index (χ4v) is 2.37. The highest BCUT2D eigenvalue weighted by Crippen LogP contribution is 2.19. The first-order valence-electron chi connectivity index (χ1n) is 7.02. The molecule has 0 aromatic carbocycles. The Labute approximate surface area is 110 Å². The van der Waals surface area contributed by atoms with E-state index in [0.29, 0.717) is 19.6 Å². The van der Waals surface area contributed by atoms with E-state index in [-0.39, 0.29) is 17.8 Å². The van der Waals surface area contributed by atoms with Crippen LogP contribution in [0.4, 0.5) is 0 Å². The van der Waals surface area contributed by atoms with Crippen molar-refractivity contribution >= 4 is 11.8 Å². The van der Waals surface area contributed by atoms with E-state index in [9.17, 15) is 9.59 Å². The molecule has 1 aliphatic rings. The van der Waals surface area contributed by atoms with Crippen molar-refractivity contribution in [1.82, 2.24) is 4.90 Å². The predicted octanol–water partition coefficient (Wildman–Crippen LogP) is 2.16. The molecular formula is C14H25NO3. The van der Waals surface area contributed by atoms with E-state index in [1.165, 1.54) is 0 Å². The number of hydrogen-bond acceptors (Lipinski definition) is 4. The summed E-state index contributed by atoms with van der Waals surface area (Å²) in [5, 5.41) is 0. The second-order valence-corrected chi connectivity index (χ2v) is 5.10. The van der Waals surface area contributed by atoms with Gasteiger partial charge < -0.3 is 4.74 Å². The summed E-state index contributed by atoms with van der Waals surface area (Å²) in [6, 6.07) is 0.231. The van der Waals surface area contributed by atoms with E-state index in [0.717, 1.165) is 38.6 Å². The standard InChI is InChI=1S/C14H25NO3/c1-3-4-9-18-14(17)11-15-8-6-5-7-13(15)10-12(2)16/h13H,3-11H2,1-2H3. The van der Waals surface area contributed by atoms with Gasteiger partial charge in [-0.2, -0.15) is 0 Å². The molecule has 0 spiro atoms. The summed E-state index contributed by atoms with van der Waals surface area (Å²) in [5.41, 5.74) is 0. The third-order valence-corrected chi connectivity index (χ3v) is 3.37. The largest absolute Gasteiger partial charge is 0.465 e. The first-order chi connectivity index (χ1) is 8.63. The Morgan fingerprint density at radius 2 is 2.11 bits per heavy atom. The van der Waals surface area contributed by atoms with Gasteiger partial charge in [-0.3, -0.25) is 14.5 Å². The Kier molecular flexibility index (Phi) is 6.94. The van der Waals surface area contributed by atoms with E-state index < -0.39 is 0 Å². The Balaban J connectivity index is 2.36. The molecule has 18 heavy (non-hydrogen) atoms. The fraction of sp³-hybridized carbons (Fsp3) is 0.857. The van der Waals surface area contributed by atoms with Crippen LogP contribution in [0.2, 0.25) is 0 Å². The third-order valence-electron chi connectivity index (χ3n) is 3.37. The molecule has 0 radical (unpaired) electrons. The minimum atomic E-state index is -0.154. The molecule has 0 aliphatic carbocycles. The maximum atomic E-state index is 11.7. The van der Waals surface area contributed by atoms with Crippen LogP contribution in [0.25, 0.3) is 0 Å². The van der Waals surface area contributed by atoms with Crippen molar-refractivity contribution in [3.63, 3.8) is 0 Å². The van der Waals surface area contributed by atoms with Gasteiger partial charge in [-0.1, -0.05) is 19.8 Å². The number of Topliss-reactive ketones (excluding diaryl/α,β-unsaturated/α-hetero) is 1. The number of carbonyl (C=O) groups excluding carboxylic acids is 2. The van der Waals surface area contributed by atoms with E-state index in [4.69, 9.17) is 4.74 Å². The smallest absolute Gasteiger partial charge is 0.320 e. The Morgan fingerprint density at radius 1 is 1.33 bits per heavy atom. The normalized spacial score (nSPS) is 20.7. The van der Waals surface area contributed by atoms with Gasteiger partial charge in [0.2, 0.25) is 0 Å². The van der Waals surface area contributed by atoms with Crippen LogP contribution >= 0.6 is 0 Å². The number of ether oxygens (including phenoxy) is 1. The number of likely N-dealkylation sites (tertiary alicyclic amines) is 1. The maximum absolute atomic E-state index is 11.7.